The predicted octanol–water partition coefficient (Wildman–Crippen LogP) is 1.97. The predicted molar refractivity (Wildman–Crippen MR) is 66.6 cm³/mol. The Morgan fingerprint density at radius 1 is 1.44 bits per heavy atom. The molecule has 3 heteroatoms. The molecule has 1 aliphatic rings. The maximum Gasteiger partial charge on any atom is 0.0844 e. The Hall–Kier alpha value is -0.560. The van der Waals surface area contributed by atoms with E-state index in [1.165, 1.54) is 19.3 Å². The highest BCUT2D eigenvalue weighted by atomic mass is 16.5. The monoisotopic (exact) mass is 224 g/mol. The van der Waals surface area contributed by atoms with Crippen molar-refractivity contribution < 1.29 is 4.74 Å². The standard InChI is InChI=1S/C13H24N2O/c1-3-4-6-9-12(15-14)13(16-2)10-7-5-8-11-13/h1,12,15H,4-11,14H2,2H3. The highest BCUT2D eigenvalue weighted by Gasteiger charge is 2.39. The Balaban J connectivity index is 2.55. The Kier molecular flexibility index (Phi) is 5.83. The zero-order valence-electron chi connectivity index (χ0n) is 10.3. The Morgan fingerprint density at radius 2 is 2.12 bits per heavy atom. The second-order valence-corrected chi connectivity index (χ2v) is 4.65. The molecular formula is C13H24N2O. The highest BCUT2D eigenvalue weighted by molar-refractivity contribution is 4.95. The van der Waals surface area contributed by atoms with Gasteiger partial charge in [0.2, 0.25) is 0 Å². The van der Waals surface area contributed by atoms with Crippen molar-refractivity contribution in [2.45, 2.75) is 63.0 Å². The molecule has 0 saturated heterocycles. The van der Waals surface area contributed by atoms with Crippen LogP contribution in [0.5, 0.6) is 0 Å². The Morgan fingerprint density at radius 3 is 2.62 bits per heavy atom. The van der Waals surface area contributed by atoms with Gasteiger partial charge in [0, 0.05) is 13.5 Å². The van der Waals surface area contributed by atoms with Crippen molar-refractivity contribution in [2.24, 2.45) is 5.84 Å². The second kappa shape index (κ2) is 6.90. The minimum atomic E-state index is -0.0679. The summed E-state index contributed by atoms with van der Waals surface area (Å²) < 4.78 is 5.77. The van der Waals surface area contributed by atoms with Crippen molar-refractivity contribution in [3.63, 3.8) is 0 Å². The molecule has 3 nitrogen and oxygen atoms in total. The number of nitrogens with one attached hydrogen (secondary N) is 1. The van der Waals surface area contributed by atoms with Gasteiger partial charge >= 0.3 is 0 Å². The van der Waals surface area contributed by atoms with Crippen LogP contribution < -0.4 is 11.3 Å². The minimum Gasteiger partial charge on any atom is -0.377 e. The number of hydrazine groups is 1. The van der Waals surface area contributed by atoms with Gasteiger partial charge in [-0.05, 0) is 25.7 Å². The van der Waals surface area contributed by atoms with E-state index in [1.54, 1.807) is 7.11 Å². The van der Waals surface area contributed by atoms with Crippen LogP contribution in [0.2, 0.25) is 0 Å². The fourth-order valence-electron chi connectivity index (χ4n) is 2.75. The minimum absolute atomic E-state index is 0.0679. The van der Waals surface area contributed by atoms with Crippen LogP contribution in [0.1, 0.15) is 51.4 Å². The number of hydrogen-bond acceptors (Lipinski definition) is 3. The van der Waals surface area contributed by atoms with Gasteiger partial charge in [-0.25, -0.2) is 0 Å². The lowest BCUT2D eigenvalue weighted by molar-refractivity contribution is -0.0696. The third kappa shape index (κ3) is 3.21. The quantitative estimate of drug-likeness (QED) is 0.314. The lowest BCUT2D eigenvalue weighted by Crippen LogP contribution is -2.55. The summed E-state index contributed by atoms with van der Waals surface area (Å²) in [5.74, 6) is 8.34. The van der Waals surface area contributed by atoms with Gasteiger partial charge in [0.15, 0.2) is 0 Å². The van der Waals surface area contributed by atoms with Crippen LogP contribution in [0.4, 0.5) is 0 Å². The molecule has 0 spiro atoms. The third-order valence-corrected chi connectivity index (χ3v) is 3.76. The van der Waals surface area contributed by atoms with E-state index < -0.39 is 0 Å². The van der Waals surface area contributed by atoms with E-state index in [-0.39, 0.29) is 11.6 Å². The molecule has 0 aliphatic heterocycles. The number of nitrogens with two attached hydrogens (primary N) is 1. The number of terminal acetylenes is 1. The summed E-state index contributed by atoms with van der Waals surface area (Å²) in [5.41, 5.74) is 2.86. The molecule has 3 N–H and O–H groups in total. The molecule has 0 aromatic heterocycles. The fourth-order valence-corrected chi connectivity index (χ4v) is 2.75. The lowest BCUT2D eigenvalue weighted by Gasteiger charge is -2.42. The summed E-state index contributed by atoms with van der Waals surface area (Å²) in [7, 11) is 1.80. The van der Waals surface area contributed by atoms with Gasteiger partial charge in [0.25, 0.3) is 0 Å². The van der Waals surface area contributed by atoms with Crippen molar-refractivity contribution in [2.75, 3.05) is 7.11 Å². The summed E-state index contributed by atoms with van der Waals surface area (Å²) in [6, 6.07) is 0.228. The first-order valence-electron chi connectivity index (χ1n) is 6.24. The Labute approximate surface area is 99.1 Å². The van der Waals surface area contributed by atoms with E-state index in [9.17, 15) is 0 Å². The molecule has 1 fully saturated rings. The van der Waals surface area contributed by atoms with Crippen molar-refractivity contribution in [1.82, 2.24) is 5.43 Å². The molecule has 0 radical (unpaired) electrons. The first-order chi connectivity index (χ1) is 7.79. The fraction of sp³-hybridized carbons (Fsp3) is 0.846. The van der Waals surface area contributed by atoms with Crippen LogP contribution in [0.15, 0.2) is 0 Å². The number of hydrogen-bond donors (Lipinski definition) is 2. The van der Waals surface area contributed by atoms with Crippen LogP contribution >= 0.6 is 0 Å². The van der Waals surface area contributed by atoms with Gasteiger partial charge < -0.3 is 4.74 Å². The normalized spacial score (nSPS) is 21.3. The molecule has 92 valence electrons. The van der Waals surface area contributed by atoms with Crippen LogP contribution in [0.25, 0.3) is 0 Å². The van der Waals surface area contributed by atoms with Gasteiger partial charge in [-0.2, -0.15) is 0 Å². The van der Waals surface area contributed by atoms with E-state index in [0.29, 0.717) is 0 Å². The molecular weight excluding hydrogens is 200 g/mol. The van der Waals surface area contributed by atoms with Gasteiger partial charge in [-0.15, -0.1) is 12.3 Å². The first kappa shape index (κ1) is 13.5. The summed E-state index contributed by atoms with van der Waals surface area (Å²) in [4.78, 5) is 0. The molecule has 1 saturated carbocycles. The zero-order valence-corrected chi connectivity index (χ0v) is 10.3. The molecule has 1 aliphatic carbocycles. The van der Waals surface area contributed by atoms with Gasteiger partial charge in [-0.3, -0.25) is 11.3 Å². The number of ether oxygens (including phenoxy) is 1. The largest absolute Gasteiger partial charge is 0.377 e. The number of methoxy groups -OCH3 is 1. The van der Waals surface area contributed by atoms with Crippen molar-refractivity contribution >= 4 is 0 Å². The number of unbranched alkanes of at least 4 members (excludes halogenated alkanes) is 1. The summed E-state index contributed by atoms with van der Waals surface area (Å²) in [5, 5.41) is 0. The second-order valence-electron chi connectivity index (χ2n) is 4.65. The molecule has 0 aromatic rings. The van der Waals surface area contributed by atoms with Crippen LogP contribution in [-0.2, 0) is 4.74 Å². The van der Waals surface area contributed by atoms with Crippen molar-refractivity contribution in [3.8, 4) is 12.3 Å². The molecule has 0 bridgehead atoms. The van der Waals surface area contributed by atoms with Gasteiger partial charge in [-0.1, -0.05) is 19.3 Å². The van der Waals surface area contributed by atoms with Crippen LogP contribution in [-0.4, -0.2) is 18.8 Å². The first-order valence-corrected chi connectivity index (χ1v) is 6.24. The smallest absolute Gasteiger partial charge is 0.0844 e. The SMILES string of the molecule is C#CCCCC(NN)C1(OC)CCCCC1. The van der Waals surface area contributed by atoms with Gasteiger partial charge in [0.1, 0.15) is 0 Å². The van der Waals surface area contributed by atoms with E-state index in [1.807, 2.05) is 0 Å². The van der Waals surface area contributed by atoms with Crippen molar-refractivity contribution in [3.05, 3.63) is 0 Å². The third-order valence-electron chi connectivity index (χ3n) is 3.76. The maximum atomic E-state index is 5.77. The molecule has 0 aromatic carbocycles. The molecule has 1 unspecified atom stereocenters. The van der Waals surface area contributed by atoms with E-state index in [4.69, 9.17) is 17.0 Å². The molecule has 1 rings (SSSR count). The molecule has 1 atom stereocenters. The summed E-state index contributed by atoms with van der Waals surface area (Å²) >= 11 is 0. The van der Waals surface area contributed by atoms with Crippen LogP contribution in [0.3, 0.4) is 0 Å². The summed E-state index contributed by atoms with van der Waals surface area (Å²) in [6.07, 6.45) is 14.1. The maximum absolute atomic E-state index is 5.77. The molecule has 0 heterocycles. The van der Waals surface area contributed by atoms with Crippen molar-refractivity contribution in [1.29, 1.82) is 0 Å². The van der Waals surface area contributed by atoms with E-state index in [2.05, 4.69) is 11.3 Å². The zero-order chi connectivity index (χ0) is 11.9. The molecule has 16 heavy (non-hydrogen) atoms. The highest BCUT2D eigenvalue weighted by Crippen LogP contribution is 2.35. The average Bonchev–Trinajstić information content (AvgIpc) is 2.35. The van der Waals surface area contributed by atoms with E-state index in [0.717, 1.165) is 32.1 Å². The summed E-state index contributed by atoms with van der Waals surface area (Å²) in [6.45, 7) is 0. The topological polar surface area (TPSA) is 47.3 Å². The Bertz CT molecular complexity index is 229. The average molecular weight is 224 g/mol. The number of rotatable bonds is 6. The molecule has 0 amide bonds. The van der Waals surface area contributed by atoms with E-state index >= 15 is 0 Å². The van der Waals surface area contributed by atoms with Crippen LogP contribution in [0, 0.1) is 12.3 Å². The van der Waals surface area contributed by atoms with Gasteiger partial charge in [0.05, 0.1) is 11.6 Å². The lowest BCUT2D eigenvalue weighted by atomic mass is 9.77.